The summed E-state index contributed by atoms with van der Waals surface area (Å²) in [5, 5.41) is 8.61. The standard InChI is InChI=1S/C18H19N5O/c1-12(2)24-17-8-6-14(10-20-17)15-11-23(22-21-15)16-7-5-13-4-3-9-19-18(13)16/h3-4,6,8-12,16H,5,7H2,1-2H3. The van der Waals surface area contributed by atoms with Gasteiger partial charge in [-0.2, -0.15) is 0 Å². The number of pyridine rings is 2. The molecule has 3 aromatic rings. The highest BCUT2D eigenvalue weighted by molar-refractivity contribution is 5.56. The minimum atomic E-state index is 0.110. The van der Waals surface area contributed by atoms with Crippen molar-refractivity contribution in [2.75, 3.05) is 0 Å². The summed E-state index contributed by atoms with van der Waals surface area (Å²) in [4.78, 5) is 8.85. The number of hydrogen-bond acceptors (Lipinski definition) is 5. The van der Waals surface area contributed by atoms with Crippen LogP contribution in [0.3, 0.4) is 0 Å². The molecule has 4 rings (SSSR count). The lowest BCUT2D eigenvalue weighted by Gasteiger charge is -2.09. The Kier molecular flexibility index (Phi) is 3.72. The summed E-state index contributed by atoms with van der Waals surface area (Å²) >= 11 is 0. The van der Waals surface area contributed by atoms with E-state index in [0.29, 0.717) is 5.88 Å². The van der Waals surface area contributed by atoms with Crippen LogP contribution in [0.5, 0.6) is 5.88 Å². The Labute approximate surface area is 140 Å². The molecule has 3 aromatic heterocycles. The number of hydrogen-bond donors (Lipinski definition) is 0. The van der Waals surface area contributed by atoms with Gasteiger partial charge in [0.15, 0.2) is 0 Å². The fraction of sp³-hybridized carbons (Fsp3) is 0.333. The molecule has 0 N–H and O–H groups in total. The summed E-state index contributed by atoms with van der Waals surface area (Å²) in [6.45, 7) is 3.96. The zero-order chi connectivity index (χ0) is 16.5. The minimum absolute atomic E-state index is 0.110. The Hall–Kier alpha value is -2.76. The summed E-state index contributed by atoms with van der Waals surface area (Å²) < 4.78 is 7.48. The molecule has 0 saturated heterocycles. The fourth-order valence-corrected chi connectivity index (χ4v) is 3.05. The highest BCUT2D eigenvalue weighted by atomic mass is 16.5. The zero-order valence-electron chi connectivity index (χ0n) is 13.8. The van der Waals surface area contributed by atoms with Crippen LogP contribution >= 0.6 is 0 Å². The van der Waals surface area contributed by atoms with E-state index in [1.165, 1.54) is 5.56 Å². The van der Waals surface area contributed by atoms with Crippen molar-refractivity contribution in [1.29, 1.82) is 0 Å². The quantitative estimate of drug-likeness (QED) is 0.739. The van der Waals surface area contributed by atoms with E-state index in [4.69, 9.17) is 4.74 Å². The molecule has 0 saturated carbocycles. The van der Waals surface area contributed by atoms with Crippen LogP contribution in [0, 0.1) is 0 Å². The number of aromatic nitrogens is 5. The van der Waals surface area contributed by atoms with E-state index >= 15 is 0 Å². The van der Waals surface area contributed by atoms with Crippen LogP contribution in [-0.4, -0.2) is 31.1 Å². The van der Waals surface area contributed by atoms with Gasteiger partial charge in [-0.15, -0.1) is 5.10 Å². The second kappa shape index (κ2) is 6.03. The molecule has 0 spiro atoms. The van der Waals surface area contributed by atoms with Crippen molar-refractivity contribution in [3.8, 4) is 17.1 Å². The van der Waals surface area contributed by atoms with Crippen molar-refractivity contribution in [3.05, 3.63) is 54.1 Å². The molecular weight excluding hydrogens is 302 g/mol. The monoisotopic (exact) mass is 321 g/mol. The summed E-state index contributed by atoms with van der Waals surface area (Å²) in [5.41, 5.74) is 4.14. The Balaban J connectivity index is 1.57. The molecule has 1 atom stereocenters. The van der Waals surface area contributed by atoms with Crippen molar-refractivity contribution >= 4 is 0 Å². The van der Waals surface area contributed by atoms with Crippen molar-refractivity contribution in [2.24, 2.45) is 0 Å². The first kappa shape index (κ1) is 14.8. The van der Waals surface area contributed by atoms with Gasteiger partial charge >= 0.3 is 0 Å². The first-order valence-corrected chi connectivity index (χ1v) is 8.19. The molecule has 122 valence electrons. The van der Waals surface area contributed by atoms with Gasteiger partial charge in [0.25, 0.3) is 0 Å². The molecular formula is C18H19N5O. The summed E-state index contributed by atoms with van der Waals surface area (Å²) in [5.74, 6) is 0.620. The van der Waals surface area contributed by atoms with E-state index < -0.39 is 0 Å². The van der Waals surface area contributed by atoms with Gasteiger partial charge in [-0.3, -0.25) is 4.98 Å². The Morgan fingerprint density at radius 2 is 2.12 bits per heavy atom. The smallest absolute Gasteiger partial charge is 0.213 e. The van der Waals surface area contributed by atoms with Crippen molar-refractivity contribution in [3.63, 3.8) is 0 Å². The molecule has 0 bridgehead atoms. The molecule has 1 aliphatic rings. The summed E-state index contributed by atoms with van der Waals surface area (Å²) in [6.07, 6.45) is 7.73. The van der Waals surface area contributed by atoms with Crippen LogP contribution in [0.2, 0.25) is 0 Å². The SMILES string of the molecule is CC(C)Oc1ccc(-c2cn(C3CCc4cccnc43)nn2)cn1. The maximum absolute atomic E-state index is 5.57. The highest BCUT2D eigenvalue weighted by Crippen LogP contribution is 2.32. The van der Waals surface area contributed by atoms with Gasteiger partial charge in [0.2, 0.25) is 5.88 Å². The molecule has 0 aromatic carbocycles. The van der Waals surface area contributed by atoms with Crippen LogP contribution in [0.4, 0.5) is 0 Å². The van der Waals surface area contributed by atoms with Crippen molar-refractivity contribution in [1.82, 2.24) is 25.0 Å². The molecule has 6 heteroatoms. The molecule has 3 heterocycles. The third-order valence-corrected chi connectivity index (χ3v) is 4.15. The lowest BCUT2D eigenvalue weighted by atomic mass is 10.2. The third-order valence-electron chi connectivity index (χ3n) is 4.15. The van der Waals surface area contributed by atoms with Crippen LogP contribution in [0.15, 0.2) is 42.9 Å². The lowest BCUT2D eigenvalue weighted by molar-refractivity contribution is 0.232. The van der Waals surface area contributed by atoms with E-state index in [2.05, 4.69) is 26.3 Å². The van der Waals surface area contributed by atoms with Gasteiger partial charge in [-0.1, -0.05) is 11.3 Å². The molecule has 0 amide bonds. The van der Waals surface area contributed by atoms with Gasteiger partial charge in [0.05, 0.1) is 24.0 Å². The Morgan fingerprint density at radius 1 is 1.21 bits per heavy atom. The number of rotatable bonds is 4. The van der Waals surface area contributed by atoms with Crippen molar-refractivity contribution < 1.29 is 4.74 Å². The molecule has 0 radical (unpaired) electrons. The number of fused-ring (bicyclic) bond motifs is 1. The normalized spacial score (nSPS) is 16.4. The predicted molar refractivity (Wildman–Crippen MR) is 89.7 cm³/mol. The van der Waals surface area contributed by atoms with Gasteiger partial charge in [0, 0.05) is 24.0 Å². The Bertz CT molecular complexity index is 841. The molecule has 24 heavy (non-hydrogen) atoms. The minimum Gasteiger partial charge on any atom is -0.475 e. The van der Waals surface area contributed by atoms with Gasteiger partial charge in [-0.25, -0.2) is 9.67 Å². The summed E-state index contributed by atoms with van der Waals surface area (Å²) in [6, 6.07) is 8.11. The van der Waals surface area contributed by atoms with Crippen LogP contribution < -0.4 is 4.74 Å². The molecule has 1 unspecified atom stereocenters. The average molecular weight is 321 g/mol. The lowest BCUT2D eigenvalue weighted by Crippen LogP contribution is -2.09. The van der Waals surface area contributed by atoms with Crippen LogP contribution in [-0.2, 0) is 6.42 Å². The largest absolute Gasteiger partial charge is 0.475 e. The van der Waals surface area contributed by atoms with E-state index in [9.17, 15) is 0 Å². The van der Waals surface area contributed by atoms with Gasteiger partial charge in [-0.05, 0) is 44.4 Å². The number of aryl methyl sites for hydroxylation is 1. The fourth-order valence-electron chi connectivity index (χ4n) is 3.05. The van der Waals surface area contributed by atoms with E-state index in [-0.39, 0.29) is 12.1 Å². The first-order chi connectivity index (χ1) is 11.7. The Morgan fingerprint density at radius 3 is 2.92 bits per heavy atom. The van der Waals surface area contributed by atoms with Crippen LogP contribution in [0.1, 0.15) is 37.6 Å². The first-order valence-electron chi connectivity index (χ1n) is 8.19. The summed E-state index contributed by atoms with van der Waals surface area (Å²) in [7, 11) is 0. The molecule has 0 fully saturated rings. The number of nitrogens with zero attached hydrogens (tertiary/aromatic N) is 5. The highest BCUT2D eigenvalue weighted by Gasteiger charge is 2.26. The second-order valence-electron chi connectivity index (χ2n) is 6.24. The van der Waals surface area contributed by atoms with Crippen LogP contribution in [0.25, 0.3) is 11.3 Å². The zero-order valence-corrected chi connectivity index (χ0v) is 13.8. The molecule has 0 aliphatic heterocycles. The van der Waals surface area contributed by atoms with E-state index in [1.54, 1.807) is 6.20 Å². The maximum atomic E-state index is 5.57. The number of ether oxygens (including phenoxy) is 1. The predicted octanol–water partition coefficient (Wildman–Crippen LogP) is 3.06. The van der Waals surface area contributed by atoms with Gasteiger partial charge < -0.3 is 4.74 Å². The molecule has 6 nitrogen and oxygen atoms in total. The maximum Gasteiger partial charge on any atom is 0.213 e. The molecule has 1 aliphatic carbocycles. The van der Waals surface area contributed by atoms with Crippen molar-refractivity contribution in [2.45, 2.75) is 38.8 Å². The topological polar surface area (TPSA) is 65.7 Å². The average Bonchev–Trinajstić information content (AvgIpc) is 3.21. The van der Waals surface area contributed by atoms with E-state index in [1.807, 2.05) is 49.1 Å². The third kappa shape index (κ3) is 2.75. The second-order valence-corrected chi connectivity index (χ2v) is 6.24. The van der Waals surface area contributed by atoms with Gasteiger partial charge in [0.1, 0.15) is 5.69 Å². The van der Waals surface area contributed by atoms with E-state index in [0.717, 1.165) is 29.8 Å².